The molecule has 2 rings (SSSR count). The molecule has 9 nitrogen and oxygen atoms in total. The fourth-order valence-corrected chi connectivity index (χ4v) is 3.55. The summed E-state index contributed by atoms with van der Waals surface area (Å²) in [6.07, 6.45) is -0.589. The van der Waals surface area contributed by atoms with Crippen LogP contribution in [0.5, 0.6) is 11.5 Å². The van der Waals surface area contributed by atoms with Gasteiger partial charge in [-0.25, -0.2) is 4.79 Å². The van der Waals surface area contributed by atoms with Crippen molar-refractivity contribution < 1.29 is 29.0 Å². The molecule has 0 saturated heterocycles. The molecular weight excluding hydrogens is 462 g/mol. The Labute approximate surface area is 212 Å². The lowest BCUT2D eigenvalue weighted by Gasteiger charge is -2.25. The van der Waals surface area contributed by atoms with Crippen LogP contribution in [0.4, 0.5) is 4.79 Å². The summed E-state index contributed by atoms with van der Waals surface area (Å²) in [5, 5.41) is 17.9. The van der Waals surface area contributed by atoms with E-state index in [4.69, 9.17) is 9.47 Å². The van der Waals surface area contributed by atoms with E-state index < -0.39 is 29.7 Å². The number of aryl methyl sites for hydroxylation is 2. The zero-order valence-electron chi connectivity index (χ0n) is 21.8. The number of para-hydroxylation sites is 1. The lowest BCUT2D eigenvalue weighted by molar-refractivity contribution is -0.129. The molecule has 36 heavy (non-hydrogen) atoms. The Hall–Kier alpha value is -3.75. The minimum Gasteiger partial charge on any atom is -0.508 e. The first-order chi connectivity index (χ1) is 16.9. The third kappa shape index (κ3) is 9.48. The van der Waals surface area contributed by atoms with Gasteiger partial charge in [0, 0.05) is 6.42 Å². The molecule has 0 fully saturated rings. The van der Waals surface area contributed by atoms with Crippen molar-refractivity contribution in [3.63, 3.8) is 0 Å². The van der Waals surface area contributed by atoms with Crippen molar-refractivity contribution in [3.05, 3.63) is 59.2 Å². The molecule has 0 aliphatic rings. The number of rotatable bonds is 10. The van der Waals surface area contributed by atoms with E-state index in [1.165, 1.54) is 0 Å². The Morgan fingerprint density at radius 1 is 0.972 bits per heavy atom. The van der Waals surface area contributed by atoms with Crippen LogP contribution in [-0.2, 0) is 20.7 Å². The SMILES string of the molecule is Cc1cc(O)cc(C)c1C[C@H](NC(=O)OC(C)(C)C)C(=O)N[C@H](C)C(=O)NCCOc1ccccc1. The van der Waals surface area contributed by atoms with Crippen LogP contribution in [0.1, 0.15) is 44.4 Å². The zero-order valence-corrected chi connectivity index (χ0v) is 21.8. The van der Waals surface area contributed by atoms with Gasteiger partial charge in [0.2, 0.25) is 11.8 Å². The van der Waals surface area contributed by atoms with Gasteiger partial charge >= 0.3 is 6.09 Å². The van der Waals surface area contributed by atoms with Gasteiger partial charge in [-0.1, -0.05) is 18.2 Å². The van der Waals surface area contributed by atoms with E-state index in [1.807, 2.05) is 44.2 Å². The summed E-state index contributed by atoms with van der Waals surface area (Å²) in [6.45, 7) is 10.9. The number of nitrogens with one attached hydrogen (secondary N) is 3. The Balaban J connectivity index is 2.02. The van der Waals surface area contributed by atoms with Crippen LogP contribution in [0.3, 0.4) is 0 Å². The third-order valence-corrected chi connectivity index (χ3v) is 5.26. The molecule has 4 N–H and O–H groups in total. The molecule has 9 heteroatoms. The molecule has 0 spiro atoms. The molecule has 2 atom stereocenters. The van der Waals surface area contributed by atoms with Crippen LogP contribution in [-0.4, -0.2) is 53.9 Å². The van der Waals surface area contributed by atoms with Gasteiger partial charge < -0.3 is 30.5 Å². The fraction of sp³-hybridized carbons (Fsp3) is 0.444. The molecular formula is C27H37N3O6. The van der Waals surface area contributed by atoms with Gasteiger partial charge in [-0.05, 0) is 82.5 Å². The van der Waals surface area contributed by atoms with Crippen molar-refractivity contribution in [2.45, 2.75) is 65.6 Å². The van der Waals surface area contributed by atoms with Crippen LogP contribution >= 0.6 is 0 Å². The van der Waals surface area contributed by atoms with E-state index >= 15 is 0 Å². The highest BCUT2D eigenvalue weighted by atomic mass is 16.6. The van der Waals surface area contributed by atoms with Gasteiger partial charge in [0.1, 0.15) is 35.8 Å². The number of ether oxygens (including phenoxy) is 2. The highest BCUT2D eigenvalue weighted by Crippen LogP contribution is 2.22. The number of phenols is 1. The van der Waals surface area contributed by atoms with Gasteiger partial charge in [-0.2, -0.15) is 0 Å². The number of alkyl carbamates (subject to hydrolysis) is 1. The van der Waals surface area contributed by atoms with Gasteiger partial charge in [-0.15, -0.1) is 0 Å². The molecule has 0 unspecified atom stereocenters. The smallest absolute Gasteiger partial charge is 0.408 e. The van der Waals surface area contributed by atoms with Crippen LogP contribution in [0, 0.1) is 13.8 Å². The third-order valence-electron chi connectivity index (χ3n) is 5.26. The number of benzene rings is 2. The molecule has 0 heterocycles. The van der Waals surface area contributed by atoms with Gasteiger partial charge in [0.25, 0.3) is 0 Å². The maximum atomic E-state index is 13.1. The van der Waals surface area contributed by atoms with Crippen molar-refractivity contribution in [1.29, 1.82) is 0 Å². The highest BCUT2D eigenvalue weighted by Gasteiger charge is 2.28. The van der Waals surface area contributed by atoms with Crippen molar-refractivity contribution in [3.8, 4) is 11.5 Å². The largest absolute Gasteiger partial charge is 0.508 e. The summed E-state index contributed by atoms with van der Waals surface area (Å²) < 4.78 is 10.9. The normalized spacial score (nSPS) is 12.7. The van der Waals surface area contributed by atoms with E-state index in [0.29, 0.717) is 5.75 Å². The Kier molecular flexibility index (Phi) is 10.1. The molecule has 0 aromatic heterocycles. The maximum absolute atomic E-state index is 13.1. The van der Waals surface area contributed by atoms with E-state index in [1.54, 1.807) is 39.8 Å². The van der Waals surface area contributed by atoms with Crippen molar-refractivity contribution in [2.75, 3.05) is 13.2 Å². The summed E-state index contributed by atoms with van der Waals surface area (Å²) >= 11 is 0. The maximum Gasteiger partial charge on any atom is 0.408 e. The molecule has 0 aliphatic carbocycles. The molecule has 0 radical (unpaired) electrons. The Bertz CT molecular complexity index is 1030. The van der Waals surface area contributed by atoms with E-state index in [9.17, 15) is 19.5 Å². The molecule has 0 bridgehead atoms. The number of carbonyl (C=O) groups excluding carboxylic acids is 3. The quantitative estimate of drug-likeness (QED) is 0.372. The van der Waals surface area contributed by atoms with Crippen molar-refractivity contribution >= 4 is 17.9 Å². The predicted molar refractivity (Wildman–Crippen MR) is 137 cm³/mol. The van der Waals surface area contributed by atoms with E-state index in [-0.39, 0.29) is 31.2 Å². The highest BCUT2D eigenvalue weighted by molar-refractivity contribution is 5.91. The topological polar surface area (TPSA) is 126 Å². The Morgan fingerprint density at radius 2 is 1.58 bits per heavy atom. The minimum absolute atomic E-state index is 0.122. The average Bonchev–Trinajstić information content (AvgIpc) is 2.77. The lowest BCUT2D eigenvalue weighted by Crippen LogP contribution is -2.54. The summed E-state index contributed by atoms with van der Waals surface area (Å²) in [6, 6.07) is 10.6. The number of hydrogen-bond donors (Lipinski definition) is 4. The van der Waals surface area contributed by atoms with Crippen molar-refractivity contribution in [1.82, 2.24) is 16.0 Å². The summed E-state index contributed by atoms with van der Waals surface area (Å²) in [4.78, 5) is 38.1. The first-order valence-electron chi connectivity index (χ1n) is 11.9. The molecule has 0 saturated carbocycles. The lowest BCUT2D eigenvalue weighted by atomic mass is 9.95. The molecule has 0 aliphatic heterocycles. The van der Waals surface area contributed by atoms with E-state index in [2.05, 4.69) is 16.0 Å². The number of phenolic OH excluding ortho intramolecular Hbond substituents is 1. The van der Waals surface area contributed by atoms with Crippen molar-refractivity contribution in [2.24, 2.45) is 0 Å². The average molecular weight is 500 g/mol. The molecule has 2 aromatic rings. The zero-order chi connectivity index (χ0) is 26.9. The second kappa shape index (κ2) is 12.8. The molecule has 196 valence electrons. The summed E-state index contributed by atoms with van der Waals surface area (Å²) in [7, 11) is 0. The first kappa shape index (κ1) is 28.5. The number of aromatic hydroxyl groups is 1. The van der Waals surface area contributed by atoms with Gasteiger partial charge in [0.15, 0.2) is 0 Å². The molecule has 2 aromatic carbocycles. The van der Waals surface area contributed by atoms with Gasteiger partial charge in [0.05, 0.1) is 6.54 Å². The molecule has 3 amide bonds. The number of carbonyl (C=O) groups is 3. The second-order valence-electron chi connectivity index (χ2n) is 9.64. The van der Waals surface area contributed by atoms with Crippen LogP contribution < -0.4 is 20.7 Å². The van der Waals surface area contributed by atoms with Crippen LogP contribution in [0.2, 0.25) is 0 Å². The van der Waals surface area contributed by atoms with Gasteiger partial charge in [-0.3, -0.25) is 9.59 Å². The summed E-state index contributed by atoms with van der Waals surface area (Å²) in [5.41, 5.74) is 1.62. The van der Waals surface area contributed by atoms with Crippen LogP contribution in [0.15, 0.2) is 42.5 Å². The van der Waals surface area contributed by atoms with E-state index in [0.717, 1.165) is 16.7 Å². The predicted octanol–water partition coefficient (Wildman–Crippen LogP) is 3.14. The monoisotopic (exact) mass is 499 g/mol. The minimum atomic E-state index is -1.00. The Morgan fingerprint density at radius 3 is 2.17 bits per heavy atom. The fourth-order valence-electron chi connectivity index (χ4n) is 3.55. The first-order valence-corrected chi connectivity index (χ1v) is 11.9. The number of amides is 3. The standard InChI is InChI=1S/C27H37N3O6/c1-17-14-20(31)15-18(2)22(17)16-23(30-26(34)36-27(4,5)6)25(33)29-19(3)24(32)28-12-13-35-21-10-8-7-9-11-21/h7-11,14-15,19,23,31H,12-13,16H2,1-6H3,(H,28,32)(H,29,33)(H,30,34)/t19-,23+/m1/s1. The van der Waals surface area contributed by atoms with Crippen LogP contribution in [0.25, 0.3) is 0 Å². The summed E-state index contributed by atoms with van der Waals surface area (Å²) in [5.74, 6) is -0.0932. The second-order valence-corrected chi connectivity index (χ2v) is 9.64. The number of hydrogen-bond acceptors (Lipinski definition) is 6.